The number of carbonyl (C=O) groups is 1. The number of rotatable bonds is 7. The molecular weight excluding hydrogens is 348 g/mol. The number of nitrogens with two attached hydrogens (primary N) is 1. The van der Waals surface area contributed by atoms with Gasteiger partial charge >= 0.3 is 0 Å². The molecule has 5 heteroatoms. The number of nitrogen functional groups attached to an aromatic ring is 1. The van der Waals surface area contributed by atoms with Crippen LogP contribution in [0.25, 0.3) is 0 Å². The lowest BCUT2D eigenvalue weighted by Gasteiger charge is -2.26. The van der Waals surface area contributed by atoms with Crippen molar-refractivity contribution in [2.75, 3.05) is 24.6 Å². The summed E-state index contributed by atoms with van der Waals surface area (Å²) in [5.74, 6) is 1.58. The van der Waals surface area contributed by atoms with E-state index in [4.69, 9.17) is 5.73 Å². The number of hydrogen-bond acceptors (Lipinski definition) is 3. The van der Waals surface area contributed by atoms with Crippen LogP contribution in [0.15, 0.2) is 27.6 Å². The molecule has 0 atom stereocenters. The van der Waals surface area contributed by atoms with Gasteiger partial charge in [-0.25, -0.2) is 0 Å². The molecule has 0 fully saturated rings. The van der Waals surface area contributed by atoms with Crippen molar-refractivity contribution in [1.29, 1.82) is 0 Å². The van der Waals surface area contributed by atoms with Gasteiger partial charge in [0.1, 0.15) is 0 Å². The van der Waals surface area contributed by atoms with Crippen LogP contribution in [0.4, 0.5) is 5.69 Å². The SMILES string of the molecule is CC(C)CN(CC(C)C)C(=O)CSc1ccc(Br)cc1N. The van der Waals surface area contributed by atoms with Crippen LogP contribution < -0.4 is 5.73 Å². The molecule has 0 heterocycles. The highest BCUT2D eigenvalue weighted by molar-refractivity contribution is 9.10. The van der Waals surface area contributed by atoms with E-state index in [1.807, 2.05) is 23.1 Å². The lowest BCUT2D eigenvalue weighted by Crippen LogP contribution is -2.38. The van der Waals surface area contributed by atoms with Crippen molar-refractivity contribution in [1.82, 2.24) is 4.90 Å². The van der Waals surface area contributed by atoms with Crippen molar-refractivity contribution in [2.24, 2.45) is 11.8 Å². The third-order valence-corrected chi connectivity index (χ3v) is 4.41. The molecule has 0 aliphatic carbocycles. The molecule has 1 rings (SSSR count). The fourth-order valence-corrected chi connectivity index (χ4v) is 3.27. The third-order valence-electron chi connectivity index (χ3n) is 2.85. The molecule has 0 unspecified atom stereocenters. The zero-order valence-electron chi connectivity index (χ0n) is 13.2. The Morgan fingerprint density at radius 1 is 1.24 bits per heavy atom. The predicted octanol–water partition coefficient (Wildman–Crippen LogP) is 4.26. The highest BCUT2D eigenvalue weighted by Crippen LogP contribution is 2.28. The van der Waals surface area contributed by atoms with E-state index in [1.54, 1.807) is 0 Å². The summed E-state index contributed by atoms with van der Waals surface area (Å²) in [4.78, 5) is 15.3. The molecule has 0 aliphatic heterocycles. The van der Waals surface area contributed by atoms with Crippen LogP contribution in [0.5, 0.6) is 0 Å². The zero-order valence-corrected chi connectivity index (χ0v) is 15.6. The molecule has 2 N–H and O–H groups in total. The molecule has 0 bridgehead atoms. The fraction of sp³-hybridized carbons (Fsp3) is 0.562. The number of benzene rings is 1. The van der Waals surface area contributed by atoms with E-state index < -0.39 is 0 Å². The molecule has 0 radical (unpaired) electrons. The lowest BCUT2D eigenvalue weighted by atomic mass is 10.1. The van der Waals surface area contributed by atoms with Crippen LogP contribution in [-0.2, 0) is 4.79 Å². The number of hydrogen-bond donors (Lipinski definition) is 1. The van der Waals surface area contributed by atoms with E-state index in [0.717, 1.165) is 22.5 Å². The Morgan fingerprint density at radius 3 is 2.29 bits per heavy atom. The second kappa shape index (κ2) is 8.69. The maximum atomic E-state index is 12.4. The normalized spacial score (nSPS) is 11.2. The standard InChI is InChI=1S/C16H25BrN2OS/c1-11(2)8-19(9-12(3)4)16(20)10-21-15-6-5-13(17)7-14(15)18/h5-7,11-12H,8-10,18H2,1-4H3. The van der Waals surface area contributed by atoms with Crippen molar-refractivity contribution in [3.05, 3.63) is 22.7 Å². The molecule has 118 valence electrons. The first-order valence-electron chi connectivity index (χ1n) is 7.25. The second-order valence-corrected chi connectivity index (χ2v) is 7.99. The molecule has 1 amide bonds. The largest absolute Gasteiger partial charge is 0.398 e. The number of halogens is 1. The minimum atomic E-state index is 0.185. The van der Waals surface area contributed by atoms with Gasteiger partial charge in [0, 0.05) is 28.1 Å². The van der Waals surface area contributed by atoms with Gasteiger partial charge in [-0.3, -0.25) is 4.79 Å². The molecule has 0 aromatic heterocycles. The van der Waals surface area contributed by atoms with E-state index in [0.29, 0.717) is 23.3 Å². The Labute approximate surface area is 140 Å². The van der Waals surface area contributed by atoms with Crippen LogP contribution in [0.1, 0.15) is 27.7 Å². The topological polar surface area (TPSA) is 46.3 Å². The summed E-state index contributed by atoms with van der Waals surface area (Å²) in [5.41, 5.74) is 6.68. The summed E-state index contributed by atoms with van der Waals surface area (Å²) in [6.07, 6.45) is 0. The average Bonchev–Trinajstić information content (AvgIpc) is 2.35. The highest BCUT2D eigenvalue weighted by atomic mass is 79.9. The van der Waals surface area contributed by atoms with Crippen LogP contribution in [0.3, 0.4) is 0 Å². The smallest absolute Gasteiger partial charge is 0.232 e. The minimum absolute atomic E-state index is 0.185. The Balaban J connectivity index is 2.64. The highest BCUT2D eigenvalue weighted by Gasteiger charge is 2.16. The van der Waals surface area contributed by atoms with Gasteiger partial charge in [-0.2, -0.15) is 0 Å². The van der Waals surface area contributed by atoms with Gasteiger partial charge in [-0.15, -0.1) is 11.8 Å². The Bertz CT molecular complexity index is 467. The number of carbonyl (C=O) groups excluding carboxylic acids is 1. The zero-order chi connectivity index (χ0) is 16.0. The minimum Gasteiger partial charge on any atom is -0.398 e. The molecule has 1 aromatic rings. The van der Waals surface area contributed by atoms with Gasteiger partial charge in [0.2, 0.25) is 5.91 Å². The lowest BCUT2D eigenvalue weighted by molar-refractivity contribution is -0.129. The van der Waals surface area contributed by atoms with Crippen LogP contribution in [-0.4, -0.2) is 29.6 Å². The Hall–Kier alpha value is -0.680. The van der Waals surface area contributed by atoms with Gasteiger partial charge in [-0.1, -0.05) is 43.6 Å². The van der Waals surface area contributed by atoms with Gasteiger partial charge in [0.05, 0.1) is 5.75 Å². The summed E-state index contributed by atoms with van der Waals surface area (Å²) in [6, 6.07) is 5.77. The quantitative estimate of drug-likeness (QED) is 0.574. The predicted molar refractivity (Wildman–Crippen MR) is 95.5 cm³/mol. The van der Waals surface area contributed by atoms with Crippen molar-refractivity contribution in [3.8, 4) is 0 Å². The van der Waals surface area contributed by atoms with Crippen LogP contribution in [0, 0.1) is 11.8 Å². The maximum absolute atomic E-state index is 12.4. The molecule has 3 nitrogen and oxygen atoms in total. The first kappa shape index (κ1) is 18.4. The summed E-state index contributed by atoms with van der Waals surface area (Å²) in [5, 5.41) is 0. The summed E-state index contributed by atoms with van der Waals surface area (Å²) in [6.45, 7) is 10.2. The van der Waals surface area contributed by atoms with Crippen LogP contribution in [0.2, 0.25) is 0 Å². The molecule has 1 aromatic carbocycles. The number of nitrogens with zero attached hydrogens (tertiary/aromatic N) is 1. The summed E-state index contributed by atoms with van der Waals surface area (Å²) < 4.78 is 0.955. The summed E-state index contributed by atoms with van der Waals surface area (Å²) in [7, 11) is 0. The van der Waals surface area contributed by atoms with Crippen molar-refractivity contribution in [2.45, 2.75) is 32.6 Å². The van der Waals surface area contributed by atoms with Crippen molar-refractivity contribution in [3.63, 3.8) is 0 Å². The molecule has 0 saturated carbocycles. The van der Waals surface area contributed by atoms with Crippen molar-refractivity contribution < 1.29 is 4.79 Å². The van der Waals surface area contributed by atoms with Crippen molar-refractivity contribution >= 4 is 39.3 Å². The van der Waals surface area contributed by atoms with E-state index in [1.165, 1.54) is 11.8 Å². The molecule has 21 heavy (non-hydrogen) atoms. The third kappa shape index (κ3) is 6.74. The fourth-order valence-electron chi connectivity index (χ4n) is 2.04. The second-order valence-electron chi connectivity index (χ2n) is 6.06. The average molecular weight is 373 g/mol. The molecule has 0 saturated heterocycles. The van der Waals surface area contributed by atoms with Gasteiger partial charge in [0.25, 0.3) is 0 Å². The first-order chi connectivity index (χ1) is 9.79. The summed E-state index contributed by atoms with van der Waals surface area (Å²) >= 11 is 4.90. The maximum Gasteiger partial charge on any atom is 0.232 e. The van der Waals surface area contributed by atoms with Gasteiger partial charge in [-0.05, 0) is 30.0 Å². The van der Waals surface area contributed by atoms with E-state index in [2.05, 4.69) is 43.6 Å². The Kier molecular flexibility index (Phi) is 7.60. The van der Waals surface area contributed by atoms with E-state index in [9.17, 15) is 4.79 Å². The first-order valence-corrected chi connectivity index (χ1v) is 9.03. The Morgan fingerprint density at radius 2 is 1.81 bits per heavy atom. The molecule has 0 spiro atoms. The van der Waals surface area contributed by atoms with Gasteiger partial charge in [0.15, 0.2) is 0 Å². The number of amides is 1. The van der Waals surface area contributed by atoms with Gasteiger partial charge < -0.3 is 10.6 Å². The van der Waals surface area contributed by atoms with E-state index >= 15 is 0 Å². The molecular formula is C16H25BrN2OS. The monoisotopic (exact) mass is 372 g/mol. The number of thioether (sulfide) groups is 1. The van der Waals surface area contributed by atoms with E-state index in [-0.39, 0.29) is 5.91 Å². The molecule has 0 aliphatic rings. The van der Waals surface area contributed by atoms with Crippen LogP contribution >= 0.6 is 27.7 Å². The number of anilines is 1.